The van der Waals surface area contributed by atoms with Crippen molar-refractivity contribution in [3.05, 3.63) is 46.8 Å². The van der Waals surface area contributed by atoms with Gasteiger partial charge in [-0.05, 0) is 24.6 Å². The zero-order valence-corrected chi connectivity index (χ0v) is 11.4. The van der Waals surface area contributed by atoms with E-state index >= 15 is 0 Å². The van der Waals surface area contributed by atoms with Crippen LogP contribution in [-0.4, -0.2) is 27.8 Å². The lowest BCUT2D eigenvalue weighted by Gasteiger charge is -2.07. The largest absolute Gasteiger partial charge is 0.313 e. The molecule has 0 aliphatic carbocycles. The maximum Gasteiger partial charge on any atom is 0.258 e. The number of H-pyrrole nitrogens is 1. The van der Waals surface area contributed by atoms with Gasteiger partial charge in [0, 0.05) is 16.7 Å². The summed E-state index contributed by atoms with van der Waals surface area (Å²) in [5, 5.41) is 1.32. The number of rotatable bonds is 2. The number of hydrogen-bond acceptors (Lipinski definition) is 5. The van der Waals surface area contributed by atoms with Gasteiger partial charge in [0.25, 0.3) is 5.56 Å². The highest BCUT2D eigenvalue weighted by Gasteiger charge is 2.09. The van der Waals surface area contributed by atoms with Crippen molar-refractivity contribution in [1.29, 1.82) is 0 Å². The van der Waals surface area contributed by atoms with Gasteiger partial charge >= 0.3 is 0 Å². The Morgan fingerprint density at radius 1 is 1.20 bits per heavy atom. The fourth-order valence-electron chi connectivity index (χ4n) is 1.91. The summed E-state index contributed by atoms with van der Waals surface area (Å²) in [6.07, 6.45) is 4.52. The number of aromatic nitrogens is 4. The van der Waals surface area contributed by atoms with E-state index in [2.05, 4.69) is 19.9 Å². The van der Waals surface area contributed by atoms with E-state index in [1.54, 1.807) is 6.20 Å². The van der Waals surface area contributed by atoms with Gasteiger partial charge < -0.3 is 4.98 Å². The SMILES string of the molecule is [B]c1cnc(Sc2ccc3nc[nH]c(=O)c3c2C)cn1. The van der Waals surface area contributed by atoms with Gasteiger partial charge in [-0.1, -0.05) is 11.8 Å². The highest BCUT2D eigenvalue weighted by Crippen LogP contribution is 2.30. The molecule has 0 atom stereocenters. The lowest BCUT2D eigenvalue weighted by atomic mass is 10.1. The molecule has 2 aromatic heterocycles. The Kier molecular flexibility index (Phi) is 3.27. The molecular weight excluding hydrogens is 271 g/mol. The predicted octanol–water partition coefficient (Wildman–Crippen LogP) is 0.967. The third-order valence-corrected chi connectivity index (χ3v) is 3.96. The molecular formula is C13H9BN4OS. The molecule has 20 heavy (non-hydrogen) atoms. The summed E-state index contributed by atoms with van der Waals surface area (Å²) in [5.41, 5.74) is 1.79. The van der Waals surface area contributed by atoms with Crippen molar-refractivity contribution in [2.75, 3.05) is 0 Å². The van der Waals surface area contributed by atoms with E-state index in [0.29, 0.717) is 16.5 Å². The minimum Gasteiger partial charge on any atom is -0.313 e. The van der Waals surface area contributed by atoms with Crippen LogP contribution >= 0.6 is 11.8 Å². The first kappa shape index (κ1) is 12.9. The van der Waals surface area contributed by atoms with Crippen molar-refractivity contribution in [3.63, 3.8) is 0 Å². The Bertz CT molecular complexity index is 832. The minimum absolute atomic E-state index is 0.140. The van der Waals surface area contributed by atoms with Gasteiger partial charge in [0.15, 0.2) is 0 Å². The van der Waals surface area contributed by atoms with Gasteiger partial charge in [-0.2, -0.15) is 0 Å². The Morgan fingerprint density at radius 3 is 2.80 bits per heavy atom. The summed E-state index contributed by atoms with van der Waals surface area (Å²) in [6, 6.07) is 3.75. The van der Waals surface area contributed by atoms with Gasteiger partial charge in [-0.3, -0.25) is 9.78 Å². The number of hydrogen-bond donors (Lipinski definition) is 1. The van der Waals surface area contributed by atoms with E-state index in [-0.39, 0.29) is 5.56 Å². The van der Waals surface area contributed by atoms with E-state index in [4.69, 9.17) is 7.85 Å². The van der Waals surface area contributed by atoms with Gasteiger partial charge in [-0.25, -0.2) is 9.97 Å². The second-order valence-electron chi connectivity index (χ2n) is 4.20. The normalized spacial score (nSPS) is 10.8. The van der Waals surface area contributed by atoms with Crippen LogP contribution in [0, 0.1) is 6.92 Å². The number of aryl methyl sites for hydroxylation is 1. The molecule has 0 aliphatic heterocycles. The van der Waals surface area contributed by atoms with E-state index in [9.17, 15) is 4.79 Å². The topological polar surface area (TPSA) is 71.5 Å². The van der Waals surface area contributed by atoms with Crippen LogP contribution in [0.15, 0.2) is 45.6 Å². The number of fused-ring (bicyclic) bond motifs is 1. The van der Waals surface area contributed by atoms with Crippen molar-refractivity contribution in [2.45, 2.75) is 16.8 Å². The molecule has 2 radical (unpaired) electrons. The molecule has 2 heterocycles. The molecule has 96 valence electrons. The number of aromatic amines is 1. The molecule has 1 aromatic carbocycles. The molecule has 3 aromatic rings. The van der Waals surface area contributed by atoms with E-state index < -0.39 is 0 Å². The third kappa shape index (κ3) is 2.32. The maximum atomic E-state index is 11.9. The second-order valence-corrected chi connectivity index (χ2v) is 5.26. The molecule has 0 amide bonds. The summed E-state index contributed by atoms with van der Waals surface area (Å²) in [4.78, 5) is 27.8. The lowest BCUT2D eigenvalue weighted by Crippen LogP contribution is -2.09. The Hall–Kier alpha value is -2.15. The highest BCUT2D eigenvalue weighted by molar-refractivity contribution is 7.99. The van der Waals surface area contributed by atoms with Crippen LogP contribution in [0.1, 0.15) is 5.56 Å². The maximum absolute atomic E-state index is 11.9. The average Bonchev–Trinajstić information content (AvgIpc) is 2.44. The molecule has 0 aliphatic rings. The molecule has 3 rings (SSSR count). The smallest absolute Gasteiger partial charge is 0.258 e. The Balaban J connectivity index is 2.08. The van der Waals surface area contributed by atoms with Crippen LogP contribution in [0.3, 0.4) is 0 Å². The predicted molar refractivity (Wildman–Crippen MR) is 78.6 cm³/mol. The van der Waals surface area contributed by atoms with Gasteiger partial charge in [-0.15, -0.1) is 0 Å². The lowest BCUT2D eigenvalue weighted by molar-refractivity contribution is 1.08. The molecule has 0 saturated carbocycles. The molecule has 1 N–H and O–H groups in total. The summed E-state index contributed by atoms with van der Waals surface area (Å²) in [7, 11) is 5.51. The first-order valence-corrected chi connectivity index (χ1v) is 6.69. The summed E-state index contributed by atoms with van der Waals surface area (Å²) < 4.78 is 0. The Labute approximate surface area is 120 Å². The summed E-state index contributed by atoms with van der Waals surface area (Å²) in [6.45, 7) is 1.90. The van der Waals surface area contributed by atoms with Crippen LogP contribution in [0.4, 0.5) is 0 Å². The zero-order chi connectivity index (χ0) is 14.1. The first-order valence-electron chi connectivity index (χ1n) is 5.87. The minimum atomic E-state index is -0.140. The van der Waals surface area contributed by atoms with E-state index in [1.807, 2.05) is 19.1 Å². The van der Waals surface area contributed by atoms with Crippen LogP contribution in [0.5, 0.6) is 0 Å². The van der Waals surface area contributed by atoms with Gasteiger partial charge in [0.05, 0.1) is 23.4 Å². The van der Waals surface area contributed by atoms with E-state index in [1.165, 1.54) is 24.3 Å². The molecule has 5 nitrogen and oxygen atoms in total. The molecule has 0 unspecified atom stereocenters. The molecule has 0 fully saturated rings. The number of nitrogens with one attached hydrogen (secondary N) is 1. The van der Waals surface area contributed by atoms with Crippen LogP contribution in [0.2, 0.25) is 0 Å². The quantitative estimate of drug-likeness (QED) is 0.708. The highest BCUT2D eigenvalue weighted by atomic mass is 32.2. The van der Waals surface area contributed by atoms with Crippen molar-refractivity contribution < 1.29 is 0 Å². The van der Waals surface area contributed by atoms with Crippen LogP contribution in [0.25, 0.3) is 10.9 Å². The van der Waals surface area contributed by atoms with Gasteiger partial charge in [0.2, 0.25) is 0 Å². The first-order chi connectivity index (χ1) is 9.65. The van der Waals surface area contributed by atoms with E-state index in [0.717, 1.165) is 15.5 Å². The molecule has 7 heteroatoms. The molecule has 0 spiro atoms. The van der Waals surface area contributed by atoms with Crippen molar-refractivity contribution in [1.82, 2.24) is 19.9 Å². The third-order valence-electron chi connectivity index (χ3n) is 2.88. The summed E-state index contributed by atoms with van der Waals surface area (Å²) in [5.74, 6) is 0. The monoisotopic (exact) mass is 280 g/mol. The molecule has 0 bridgehead atoms. The van der Waals surface area contributed by atoms with Crippen molar-refractivity contribution >= 4 is 36.1 Å². The standard InChI is InChI=1S/C13H9BN4OS/c1-7-9(20-11-5-15-10(14)4-16-11)3-2-8-12(7)13(19)18-6-17-8/h2-6H,1H3,(H,17,18,19). The zero-order valence-electron chi connectivity index (χ0n) is 10.6. The average molecular weight is 280 g/mol. The van der Waals surface area contributed by atoms with Crippen molar-refractivity contribution in [3.8, 4) is 0 Å². The van der Waals surface area contributed by atoms with Gasteiger partial charge in [0.1, 0.15) is 12.9 Å². The van der Waals surface area contributed by atoms with Crippen LogP contribution < -0.4 is 11.2 Å². The summed E-state index contributed by atoms with van der Waals surface area (Å²) >= 11 is 1.44. The molecule has 0 saturated heterocycles. The number of nitrogens with zero attached hydrogens (tertiary/aromatic N) is 3. The second kappa shape index (κ2) is 5.09. The number of benzene rings is 1. The fraction of sp³-hybridized carbons (Fsp3) is 0.0769. The Morgan fingerprint density at radius 2 is 2.05 bits per heavy atom. The van der Waals surface area contributed by atoms with Crippen LogP contribution in [-0.2, 0) is 0 Å². The van der Waals surface area contributed by atoms with Crippen molar-refractivity contribution in [2.24, 2.45) is 0 Å². The fourth-order valence-corrected chi connectivity index (χ4v) is 2.73.